The molecule has 3 aliphatic rings. The molecule has 18 atom stereocenters. The Morgan fingerprint density at radius 1 is 0.909 bits per heavy atom. The molecule has 0 aromatic heterocycles. The summed E-state index contributed by atoms with van der Waals surface area (Å²) in [6, 6.07) is 9.17. The molecule has 1 aromatic rings. The predicted molar refractivity (Wildman–Crippen MR) is 245 cm³/mol. The second-order valence-electron chi connectivity index (χ2n) is 19.9. The molecule has 4 rings (SSSR count). The Morgan fingerprint density at radius 2 is 1.56 bits per heavy atom. The molecule has 0 radical (unpaired) electrons. The summed E-state index contributed by atoms with van der Waals surface area (Å²) in [5, 5.41) is 53.4. The van der Waals surface area contributed by atoms with Gasteiger partial charge in [0, 0.05) is 44.2 Å². The molecule has 17 heteroatoms. The van der Waals surface area contributed by atoms with Crippen LogP contribution >= 0.6 is 0 Å². The number of rotatable bonds is 15. The first-order chi connectivity index (χ1) is 30.9. The third-order valence-electron chi connectivity index (χ3n) is 13.9. The minimum absolute atomic E-state index is 0.0185. The number of carbonyl (C=O) groups is 2. The maximum absolute atomic E-state index is 14.5. The molecule has 17 nitrogen and oxygen atoms in total. The molecule has 1 unspecified atom stereocenters. The van der Waals surface area contributed by atoms with Gasteiger partial charge in [0.15, 0.2) is 18.7 Å². The third-order valence-corrected chi connectivity index (χ3v) is 13.9. The number of unbranched alkanes of at least 4 members (excludes halogenated alkanes) is 1. The van der Waals surface area contributed by atoms with E-state index < -0.39 is 108 Å². The number of benzene rings is 1. The molecule has 3 aliphatic heterocycles. The van der Waals surface area contributed by atoms with Crippen molar-refractivity contribution in [3.05, 3.63) is 30.3 Å². The number of likely N-dealkylation sites (N-methyl/N-ethyl adjacent to an activating group) is 1. The molecule has 0 bridgehead atoms. The van der Waals surface area contributed by atoms with E-state index in [2.05, 4.69) is 5.16 Å². The van der Waals surface area contributed by atoms with Crippen molar-refractivity contribution in [1.29, 1.82) is 0 Å². The zero-order chi connectivity index (χ0) is 49.3. The highest BCUT2D eigenvalue weighted by Crippen LogP contribution is 2.41. The van der Waals surface area contributed by atoms with Crippen LogP contribution < -0.4 is 4.74 Å². The lowest BCUT2D eigenvalue weighted by molar-refractivity contribution is -0.318. The normalized spacial score (nSPS) is 41.5. The average Bonchev–Trinajstić information content (AvgIpc) is 3.25. The van der Waals surface area contributed by atoms with Crippen molar-refractivity contribution in [2.24, 2.45) is 28.8 Å². The van der Waals surface area contributed by atoms with E-state index in [0.29, 0.717) is 31.6 Å². The summed E-state index contributed by atoms with van der Waals surface area (Å²) in [6.07, 6.45) is -8.12. The highest BCUT2D eigenvalue weighted by molar-refractivity contribution is 5.88. The minimum atomic E-state index is -1.97. The topological polar surface area (TPSA) is 214 Å². The number of cyclic esters (lactones) is 1. The smallest absolute Gasteiger partial charge is 0.311 e. The SMILES string of the molecule is CC[C@@H]1OC(=O)[C@H](C)[C@@H](O[C@H]2C[C@@](C)(OC)[C@@H](OC(C)=O)[C@H](C)O2)[C@H](C)[C@@H](O[C@@H]2O[C@H](C)C[C@H](N(C)C)[C@H]2O)C(C)(O)C[C@@H](C)/C(=N\OCCCCOc2ccccc2)[C@@H](C)[C@@H](O)[C@]1(C)O. The largest absolute Gasteiger partial charge is 0.494 e. The van der Waals surface area contributed by atoms with E-state index in [1.54, 1.807) is 48.5 Å². The van der Waals surface area contributed by atoms with Crippen molar-refractivity contribution in [2.75, 3.05) is 34.4 Å². The van der Waals surface area contributed by atoms with Gasteiger partial charge in [0.05, 0.1) is 54.4 Å². The van der Waals surface area contributed by atoms with Gasteiger partial charge in [-0.1, -0.05) is 51.0 Å². The Hall–Kier alpha value is -2.97. The van der Waals surface area contributed by atoms with E-state index in [9.17, 15) is 30.0 Å². The number of para-hydroxylation sites is 1. The van der Waals surface area contributed by atoms with Crippen LogP contribution in [0.15, 0.2) is 35.5 Å². The van der Waals surface area contributed by atoms with E-state index in [4.69, 9.17) is 42.7 Å². The van der Waals surface area contributed by atoms with Crippen LogP contribution in [0.3, 0.4) is 0 Å². The summed E-state index contributed by atoms with van der Waals surface area (Å²) >= 11 is 0. The summed E-state index contributed by atoms with van der Waals surface area (Å²) in [6.45, 7) is 19.2. The molecule has 0 spiro atoms. The number of oxime groups is 1. The van der Waals surface area contributed by atoms with Crippen molar-refractivity contribution < 1.29 is 72.7 Å². The number of methoxy groups -OCH3 is 1. The van der Waals surface area contributed by atoms with Crippen molar-refractivity contribution in [3.63, 3.8) is 0 Å². The van der Waals surface area contributed by atoms with Crippen molar-refractivity contribution in [2.45, 2.75) is 199 Å². The maximum atomic E-state index is 14.5. The standard InChI is InChI=1S/C49H82N2O15/c1-15-37-49(11,57)42(54)30(4)39(50-60-24-20-19-23-59-35-21-17-16-18-22-35)28(2)26-47(9,56)43(66-46-40(53)36(51(12)13)25-29(3)61-46)31(5)41(32(6)45(55)64-37)65-38-27-48(10,58-14)44(33(7)62-38)63-34(8)52/h16-18,21-22,28-33,36-38,40-44,46,53-54,56-57H,15,19-20,23-27H2,1-14H3/b50-39+/t28-,29-,30-,31+,32-,33+,36+,37+,38+,40-,41+,42-,43-,44+,46+,47?,48-,49-/m1/s1. The van der Waals surface area contributed by atoms with E-state index in [-0.39, 0.29) is 38.0 Å². The second kappa shape index (κ2) is 24.0. The van der Waals surface area contributed by atoms with Gasteiger partial charge in [-0.3, -0.25) is 9.59 Å². The Labute approximate surface area is 392 Å². The average molecular weight is 939 g/mol. The number of nitrogens with zero attached hydrogens (tertiary/aromatic N) is 2. The zero-order valence-electron chi connectivity index (χ0n) is 41.9. The van der Waals surface area contributed by atoms with Gasteiger partial charge in [-0.15, -0.1) is 0 Å². The number of carbonyl (C=O) groups excluding carboxylic acids is 2. The molecular weight excluding hydrogens is 857 g/mol. The van der Waals surface area contributed by atoms with Crippen LogP contribution in [0, 0.1) is 23.7 Å². The third kappa shape index (κ3) is 13.8. The second-order valence-corrected chi connectivity index (χ2v) is 19.9. The van der Waals surface area contributed by atoms with Crippen LogP contribution in [0.2, 0.25) is 0 Å². The fourth-order valence-corrected chi connectivity index (χ4v) is 10.1. The first-order valence-corrected chi connectivity index (χ1v) is 23.8. The van der Waals surface area contributed by atoms with E-state index in [1.807, 2.05) is 63.2 Å². The molecule has 3 fully saturated rings. The van der Waals surface area contributed by atoms with Gasteiger partial charge in [-0.25, -0.2) is 0 Å². The number of hydrogen-bond donors (Lipinski definition) is 4. The number of aliphatic hydroxyl groups excluding tert-OH is 2. The molecule has 0 aliphatic carbocycles. The van der Waals surface area contributed by atoms with Gasteiger partial charge in [-0.2, -0.15) is 0 Å². The number of esters is 2. The Morgan fingerprint density at radius 3 is 2.17 bits per heavy atom. The van der Waals surface area contributed by atoms with Crippen LogP contribution in [-0.2, 0) is 47.6 Å². The molecule has 66 heavy (non-hydrogen) atoms. The maximum Gasteiger partial charge on any atom is 0.311 e. The van der Waals surface area contributed by atoms with Crippen LogP contribution in [0.25, 0.3) is 0 Å². The molecule has 4 N–H and O–H groups in total. The van der Waals surface area contributed by atoms with Crippen molar-refractivity contribution >= 4 is 17.7 Å². The van der Waals surface area contributed by atoms with Gasteiger partial charge in [0.2, 0.25) is 0 Å². The number of aliphatic hydroxyl groups is 4. The van der Waals surface area contributed by atoms with Crippen molar-refractivity contribution in [3.8, 4) is 5.75 Å². The Kier molecular flexibility index (Phi) is 20.3. The van der Waals surface area contributed by atoms with Crippen LogP contribution in [0.4, 0.5) is 0 Å². The summed E-state index contributed by atoms with van der Waals surface area (Å²) in [7, 11) is 5.24. The van der Waals surface area contributed by atoms with Gasteiger partial charge >= 0.3 is 11.9 Å². The van der Waals surface area contributed by atoms with Gasteiger partial charge in [0.25, 0.3) is 0 Å². The highest BCUT2D eigenvalue weighted by Gasteiger charge is 2.54. The quantitative estimate of drug-likeness (QED) is 0.103. The molecule has 0 amide bonds. The molecule has 3 saturated heterocycles. The molecule has 378 valence electrons. The first-order valence-electron chi connectivity index (χ1n) is 23.8. The fourth-order valence-electron chi connectivity index (χ4n) is 10.1. The fraction of sp³-hybridized carbons (Fsp3) is 0.816. The van der Waals surface area contributed by atoms with Gasteiger partial charge < -0.3 is 68.1 Å². The monoisotopic (exact) mass is 939 g/mol. The summed E-state index contributed by atoms with van der Waals surface area (Å²) in [4.78, 5) is 34.5. The van der Waals surface area contributed by atoms with Gasteiger partial charge in [0.1, 0.15) is 35.8 Å². The van der Waals surface area contributed by atoms with Crippen LogP contribution in [0.1, 0.15) is 115 Å². The van der Waals surface area contributed by atoms with E-state index in [1.165, 1.54) is 21.0 Å². The molecule has 3 heterocycles. The predicted octanol–water partition coefficient (Wildman–Crippen LogP) is 5.02. The molecule has 1 aromatic carbocycles. The van der Waals surface area contributed by atoms with Crippen LogP contribution in [0.5, 0.6) is 5.75 Å². The first kappa shape index (κ1) is 55.6. The summed E-state index contributed by atoms with van der Waals surface area (Å²) in [5.74, 6) is -3.89. The highest BCUT2D eigenvalue weighted by atomic mass is 16.7. The summed E-state index contributed by atoms with van der Waals surface area (Å²) < 4.78 is 49.9. The molecule has 0 saturated carbocycles. The Balaban J connectivity index is 1.78. The lowest BCUT2D eigenvalue weighted by Gasteiger charge is -2.49. The van der Waals surface area contributed by atoms with Gasteiger partial charge in [-0.05, 0) is 99.9 Å². The van der Waals surface area contributed by atoms with E-state index in [0.717, 1.165) is 5.75 Å². The van der Waals surface area contributed by atoms with E-state index >= 15 is 0 Å². The number of hydrogen-bond acceptors (Lipinski definition) is 17. The zero-order valence-corrected chi connectivity index (χ0v) is 41.9. The lowest BCUT2D eigenvalue weighted by Crippen LogP contribution is -2.61. The number of ether oxygens (including phenoxy) is 8. The minimum Gasteiger partial charge on any atom is -0.494 e. The lowest BCUT2D eigenvalue weighted by atomic mass is 9.73. The Bertz CT molecular complexity index is 1700. The van der Waals surface area contributed by atoms with Crippen LogP contribution in [-0.4, -0.2) is 162 Å². The molecular formula is C49H82N2O15. The summed E-state index contributed by atoms with van der Waals surface area (Å²) in [5.41, 5.74) is -4.46. The van der Waals surface area contributed by atoms with Crippen molar-refractivity contribution in [1.82, 2.24) is 4.90 Å².